The summed E-state index contributed by atoms with van der Waals surface area (Å²) in [5, 5.41) is 0. The smallest absolute Gasteiger partial charge is 0.341 e. The molecule has 0 aliphatic rings. The minimum Gasteiger partial charge on any atom is -0.465 e. The zero-order valence-electron chi connectivity index (χ0n) is 8.29. The van der Waals surface area contributed by atoms with Crippen molar-refractivity contribution in [3.63, 3.8) is 0 Å². The minimum atomic E-state index is -0.469. The highest BCUT2D eigenvalue weighted by atomic mass is 79.9. The van der Waals surface area contributed by atoms with Gasteiger partial charge in [-0.2, -0.15) is 0 Å². The number of halogens is 2. The van der Waals surface area contributed by atoms with Gasteiger partial charge in [-0.25, -0.2) is 9.78 Å². The summed E-state index contributed by atoms with van der Waals surface area (Å²) in [4.78, 5) is 15.6. The lowest BCUT2D eigenvalue weighted by molar-refractivity contribution is 0.0601. The third kappa shape index (κ3) is 1.92. The molecular weight excluding hydrogens is 297 g/mol. The van der Waals surface area contributed by atoms with Crippen LogP contribution in [0, 0.1) is 0 Å². The number of carbonyl (C=O) groups is 1. The first-order valence-corrected chi connectivity index (χ1v) is 5.71. The highest BCUT2D eigenvalue weighted by molar-refractivity contribution is 9.10. The molecular formula is C10H7BrClNO3. The fourth-order valence-electron chi connectivity index (χ4n) is 1.36. The second kappa shape index (κ2) is 4.43. The van der Waals surface area contributed by atoms with Gasteiger partial charge in [-0.1, -0.05) is 15.9 Å². The molecule has 2 aromatic rings. The van der Waals surface area contributed by atoms with Gasteiger partial charge in [0.2, 0.25) is 5.89 Å². The number of alkyl halides is 1. The molecule has 0 N–H and O–H groups in total. The van der Waals surface area contributed by atoms with Crippen molar-refractivity contribution in [3.8, 4) is 0 Å². The van der Waals surface area contributed by atoms with E-state index < -0.39 is 5.97 Å². The van der Waals surface area contributed by atoms with Gasteiger partial charge in [-0.05, 0) is 12.1 Å². The number of esters is 1. The molecule has 0 radical (unpaired) electrons. The number of nitrogens with zero attached hydrogens (tertiary/aromatic N) is 1. The fourth-order valence-corrected chi connectivity index (χ4v) is 1.92. The monoisotopic (exact) mass is 303 g/mol. The summed E-state index contributed by atoms with van der Waals surface area (Å²) >= 11 is 8.91. The van der Waals surface area contributed by atoms with Crippen molar-refractivity contribution in [1.29, 1.82) is 0 Å². The molecule has 0 aliphatic carbocycles. The molecule has 84 valence electrons. The maximum atomic E-state index is 11.5. The Bertz CT molecular complexity index is 552. The quantitative estimate of drug-likeness (QED) is 0.632. The van der Waals surface area contributed by atoms with E-state index in [1.54, 1.807) is 12.1 Å². The van der Waals surface area contributed by atoms with Gasteiger partial charge < -0.3 is 9.15 Å². The van der Waals surface area contributed by atoms with E-state index in [9.17, 15) is 4.79 Å². The number of benzene rings is 1. The van der Waals surface area contributed by atoms with E-state index in [-0.39, 0.29) is 5.88 Å². The van der Waals surface area contributed by atoms with Gasteiger partial charge in [0.25, 0.3) is 0 Å². The van der Waals surface area contributed by atoms with Crippen LogP contribution < -0.4 is 0 Å². The average molecular weight is 305 g/mol. The number of oxazole rings is 1. The number of hydrogen-bond acceptors (Lipinski definition) is 4. The highest BCUT2D eigenvalue weighted by Crippen LogP contribution is 2.26. The molecule has 0 amide bonds. The molecule has 1 aromatic carbocycles. The summed E-state index contributed by atoms with van der Waals surface area (Å²) in [5.41, 5.74) is 1.30. The Hall–Kier alpha value is -1.07. The van der Waals surface area contributed by atoms with Gasteiger partial charge in [0, 0.05) is 4.47 Å². The molecule has 1 aromatic heterocycles. The van der Waals surface area contributed by atoms with Crippen molar-refractivity contribution in [1.82, 2.24) is 4.98 Å². The Morgan fingerprint density at radius 2 is 2.38 bits per heavy atom. The molecule has 0 spiro atoms. The van der Waals surface area contributed by atoms with Crippen molar-refractivity contribution < 1.29 is 13.9 Å². The van der Waals surface area contributed by atoms with Crippen LogP contribution in [0.3, 0.4) is 0 Å². The van der Waals surface area contributed by atoms with Crippen LogP contribution in [0.2, 0.25) is 0 Å². The van der Waals surface area contributed by atoms with Gasteiger partial charge in [-0.15, -0.1) is 11.6 Å². The largest absolute Gasteiger partial charge is 0.465 e. The highest BCUT2D eigenvalue weighted by Gasteiger charge is 2.17. The molecule has 4 nitrogen and oxygen atoms in total. The normalized spacial score (nSPS) is 10.7. The van der Waals surface area contributed by atoms with E-state index in [1.165, 1.54) is 7.11 Å². The first kappa shape index (κ1) is 11.4. The Balaban J connectivity index is 2.70. The molecule has 2 rings (SSSR count). The van der Waals surface area contributed by atoms with Crippen molar-refractivity contribution in [2.75, 3.05) is 7.11 Å². The lowest BCUT2D eigenvalue weighted by atomic mass is 10.2. The number of fused-ring (bicyclic) bond motifs is 1. The number of rotatable bonds is 2. The standard InChI is InChI=1S/C10H7BrClNO3/c1-15-10(14)6-2-5(11)3-7-9(6)16-8(4-12)13-7/h2-3H,4H2,1H3. The topological polar surface area (TPSA) is 52.3 Å². The zero-order chi connectivity index (χ0) is 11.7. The van der Waals surface area contributed by atoms with Crippen LogP contribution >= 0.6 is 27.5 Å². The van der Waals surface area contributed by atoms with Crippen LogP contribution in [0.25, 0.3) is 11.1 Å². The SMILES string of the molecule is COC(=O)c1cc(Br)cc2nc(CCl)oc12. The summed E-state index contributed by atoms with van der Waals surface area (Å²) < 4.78 is 10.8. The summed E-state index contributed by atoms with van der Waals surface area (Å²) in [5.74, 6) is 0.0656. The van der Waals surface area contributed by atoms with E-state index in [4.69, 9.17) is 16.0 Å². The summed E-state index contributed by atoms with van der Waals surface area (Å²) in [6, 6.07) is 3.37. The maximum absolute atomic E-state index is 11.5. The second-order valence-corrected chi connectivity index (χ2v) is 4.22. The van der Waals surface area contributed by atoms with Crippen molar-refractivity contribution >= 4 is 44.6 Å². The van der Waals surface area contributed by atoms with Crippen LogP contribution in [-0.4, -0.2) is 18.1 Å². The Morgan fingerprint density at radius 3 is 3.00 bits per heavy atom. The molecule has 0 unspecified atom stereocenters. The van der Waals surface area contributed by atoms with Crippen LogP contribution in [-0.2, 0) is 10.6 Å². The third-order valence-electron chi connectivity index (χ3n) is 2.02. The molecule has 0 aliphatic heterocycles. The van der Waals surface area contributed by atoms with Gasteiger partial charge >= 0.3 is 5.97 Å². The van der Waals surface area contributed by atoms with E-state index in [2.05, 4.69) is 25.7 Å². The van der Waals surface area contributed by atoms with Gasteiger partial charge in [0.05, 0.1) is 13.0 Å². The molecule has 0 saturated carbocycles. The van der Waals surface area contributed by atoms with Gasteiger partial charge in [0.15, 0.2) is 5.58 Å². The fraction of sp³-hybridized carbons (Fsp3) is 0.200. The number of carbonyl (C=O) groups excluding carboxylic acids is 1. The molecule has 0 bridgehead atoms. The zero-order valence-corrected chi connectivity index (χ0v) is 10.6. The van der Waals surface area contributed by atoms with E-state index in [0.29, 0.717) is 22.6 Å². The van der Waals surface area contributed by atoms with E-state index >= 15 is 0 Å². The third-order valence-corrected chi connectivity index (χ3v) is 2.71. The van der Waals surface area contributed by atoms with Gasteiger partial charge in [-0.3, -0.25) is 0 Å². The summed E-state index contributed by atoms with van der Waals surface area (Å²) in [6.45, 7) is 0. The maximum Gasteiger partial charge on any atom is 0.341 e. The van der Waals surface area contributed by atoms with E-state index in [0.717, 1.165) is 4.47 Å². The molecule has 0 fully saturated rings. The number of ether oxygens (including phenoxy) is 1. The summed E-state index contributed by atoms with van der Waals surface area (Å²) in [7, 11) is 1.31. The number of methoxy groups -OCH3 is 1. The first-order valence-electron chi connectivity index (χ1n) is 4.39. The van der Waals surface area contributed by atoms with Crippen LogP contribution in [0.5, 0.6) is 0 Å². The van der Waals surface area contributed by atoms with Crippen molar-refractivity contribution in [2.24, 2.45) is 0 Å². The lowest BCUT2D eigenvalue weighted by Gasteiger charge is -1.99. The summed E-state index contributed by atoms with van der Waals surface area (Å²) in [6.07, 6.45) is 0. The van der Waals surface area contributed by atoms with E-state index in [1.807, 2.05) is 0 Å². The molecule has 16 heavy (non-hydrogen) atoms. The Kier molecular flexibility index (Phi) is 3.16. The number of hydrogen-bond donors (Lipinski definition) is 0. The van der Waals surface area contributed by atoms with Gasteiger partial charge in [0.1, 0.15) is 11.1 Å². The minimum absolute atomic E-state index is 0.160. The van der Waals surface area contributed by atoms with Crippen molar-refractivity contribution in [3.05, 3.63) is 28.1 Å². The predicted octanol–water partition coefficient (Wildman–Crippen LogP) is 3.12. The predicted molar refractivity (Wildman–Crippen MR) is 62.6 cm³/mol. The van der Waals surface area contributed by atoms with Crippen LogP contribution in [0.15, 0.2) is 21.0 Å². The molecule has 6 heteroatoms. The lowest BCUT2D eigenvalue weighted by Crippen LogP contribution is -2.01. The first-order chi connectivity index (χ1) is 7.65. The Labute approximate surface area is 105 Å². The van der Waals surface area contributed by atoms with Crippen LogP contribution in [0.1, 0.15) is 16.2 Å². The van der Waals surface area contributed by atoms with Crippen LogP contribution in [0.4, 0.5) is 0 Å². The van der Waals surface area contributed by atoms with Crippen molar-refractivity contribution in [2.45, 2.75) is 5.88 Å². The Morgan fingerprint density at radius 1 is 1.62 bits per heavy atom. The second-order valence-electron chi connectivity index (χ2n) is 3.03. The molecule has 0 atom stereocenters. The molecule has 1 heterocycles. The molecule has 0 saturated heterocycles. The average Bonchev–Trinajstić information content (AvgIpc) is 2.69. The number of aromatic nitrogens is 1.